The maximum absolute atomic E-state index is 16.1. The fourth-order valence-electron chi connectivity index (χ4n) is 3.72. The molecule has 0 aromatic carbocycles. The molecule has 1 fully saturated rings. The molecule has 2 aromatic rings. The third-order valence-electron chi connectivity index (χ3n) is 7.99. The summed E-state index contributed by atoms with van der Waals surface area (Å²) in [5, 5.41) is 0.109. The number of hydrogen-bond donors (Lipinski definition) is 0. The molecule has 180 valence electrons. The van der Waals surface area contributed by atoms with Crippen LogP contribution in [-0.2, 0) is 8.85 Å². The molecule has 2 heterocycles. The average Bonchev–Trinajstić information content (AvgIpc) is 3.20. The van der Waals surface area contributed by atoms with E-state index in [4.69, 9.17) is 8.85 Å². The monoisotopic (exact) mass is 480 g/mol. The summed E-state index contributed by atoms with van der Waals surface area (Å²) in [5.74, 6) is -0.0162. The van der Waals surface area contributed by atoms with Gasteiger partial charge in [-0.15, -0.1) is 0 Å². The summed E-state index contributed by atoms with van der Waals surface area (Å²) in [5.41, 5.74) is 1.35. The SMILES string of the molecule is CC(C)(C)[Si](C)(C)OC[C@H]1C[C@@H](n2cnc3cncnc32)[C@H](F)[C@@H]1O[Si](C)(C)C(C)(C)C. The van der Waals surface area contributed by atoms with E-state index in [1.54, 1.807) is 12.5 Å². The molecule has 1 aliphatic rings. The van der Waals surface area contributed by atoms with Crippen molar-refractivity contribution in [2.45, 2.75) is 103 Å². The van der Waals surface area contributed by atoms with Gasteiger partial charge in [0.15, 0.2) is 22.3 Å². The fourth-order valence-corrected chi connectivity index (χ4v) is 6.14. The lowest BCUT2D eigenvalue weighted by atomic mass is 10.1. The molecule has 0 amide bonds. The van der Waals surface area contributed by atoms with E-state index in [1.165, 1.54) is 6.33 Å². The summed E-state index contributed by atoms with van der Waals surface area (Å²) >= 11 is 0. The van der Waals surface area contributed by atoms with Gasteiger partial charge in [-0.25, -0.2) is 19.3 Å². The molecule has 1 saturated carbocycles. The van der Waals surface area contributed by atoms with Crippen molar-refractivity contribution in [1.29, 1.82) is 0 Å². The van der Waals surface area contributed by atoms with Crippen molar-refractivity contribution in [2.75, 3.05) is 6.61 Å². The van der Waals surface area contributed by atoms with Crippen molar-refractivity contribution in [1.82, 2.24) is 19.5 Å². The lowest BCUT2D eigenvalue weighted by molar-refractivity contribution is 0.0505. The van der Waals surface area contributed by atoms with Gasteiger partial charge in [-0.3, -0.25) is 0 Å². The number of aromatic nitrogens is 4. The van der Waals surface area contributed by atoms with Crippen LogP contribution < -0.4 is 0 Å². The van der Waals surface area contributed by atoms with Crippen molar-refractivity contribution >= 4 is 27.8 Å². The largest absolute Gasteiger partial charge is 0.416 e. The van der Waals surface area contributed by atoms with Crippen molar-refractivity contribution < 1.29 is 13.2 Å². The van der Waals surface area contributed by atoms with Gasteiger partial charge in [0, 0.05) is 12.5 Å². The Bertz CT molecular complexity index is 936. The van der Waals surface area contributed by atoms with Crippen LogP contribution in [0.25, 0.3) is 11.2 Å². The zero-order valence-electron chi connectivity index (χ0n) is 21.4. The normalized spacial score (nSPS) is 25.6. The molecule has 1 aliphatic carbocycles. The molecule has 0 N–H and O–H groups in total. The number of imidazole rings is 1. The Balaban J connectivity index is 1.91. The third kappa shape index (κ3) is 4.85. The fraction of sp³-hybridized carbons (Fsp3) is 0.783. The van der Waals surface area contributed by atoms with Gasteiger partial charge in [-0.2, -0.15) is 0 Å². The van der Waals surface area contributed by atoms with Crippen molar-refractivity contribution in [2.24, 2.45) is 5.92 Å². The van der Waals surface area contributed by atoms with E-state index in [1.807, 2.05) is 4.57 Å². The Morgan fingerprint density at radius 2 is 1.66 bits per heavy atom. The van der Waals surface area contributed by atoms with Gasteiger partial charge in [0.1, 0.15) is 18.0 Å². The molecule has 9 heteroatoms. The predicted molar refractivity (Wildman–Crippen MR) is 133 cm³/mol. The van der Waals surface area contributed by atoms with Crippen LogP contribution in [0.4, 0.5) is 4.39 Å². The topological polar surface area (TPSA) is 62.1 Å². The molecule has 0 aliphatic heterocycles. The highest BCUT2D eigenvalue weighted by Crippen LogP contribution is 2.46. The van der Waals surface area contributed by atoms with Crippen LogP contribution in [0.15, 0.2) is 18.9 Å². The van der Waals surface area contributed by atoms with E-state index in [-0.39, 0.29) is 22.0 Å². The third-order valence-corrected chi connectivity index (χ3v) is 17.0. The number of rotatable bonds is 6. The summed E-state index contributed by atoms with van der Waals surface area (Å²) in [6.45, 7) is 22.7. The summed E-state index contributed by atoms with van der Waals surface area (Å²) in [6.07, 6.45) is 3.85. The summed E-state index contributed by atoms with van der Waals surface area (Å²) in [6, 6.07) is -0.377. The molecule has 2 aromatic heterocycles. The van der Waals surface area contributed by atoms with Crippen LogP contribution in [0.3, 0.4) is 0 Å². The van der Waals surface area contributed by atoms with Gasteiger partial charge in [0.2, 0.25) is 0 Å². The Morgan fingerprint density at radius 1 is 1.03 bits per heavy atom. The molecule has 0 spiro atoms. The second-order valence-corrected chi connectivity index (χ2v) is 21.9. The van der Waals surface area contributed by atoms with Gasteiger partial charge < -0.3 is 13.4 Å². The summed E-state index contributed by atoms with van der Waals surface area (Å²) in [4.78, 5) is 12.8. The first-order valence-electron chi connectivity index (χ1n) is 11.6. The number of alkyl halides is 1. The second kappa shape index (κ2) is 8.56. The smallest absolute Gasteiger partial charge is 0.192 e. The molecule has 0 unspecified atom stereocenters. The van der Waals surface area contributed by atoms with Crippen molar-refractivity contribution in [3.05, 3.63) is 18.9 Å². The van der Waals surface area contributed by atoms with E-state index in [0.29, 0.717) is 24.2 Å². The lowest BCUT2D eigenvalue weighted by Crippen LogP contribution is -2.48. The molecule has 0 bridgehead atoms. The first kappa shape index (κ1) is 25.5. The maximum Gasteiger partial charge on any atom is 0.192 e. The van der Waals surface area contributed by atoms with Crippen LogP contribution in [-0.4, -0.2) is 55.0 Å². The van der Waals surface area contributed by atoms with Crippen molar-refractivity contribution in [3.8, 4) is 0 Å². The van der Waals surface area contributed by atoms with Crippen molar-refractivity contribution in [3.63, 3.8) is 0 Å². The molecular formula is C23H41FN4O2Si2. The number of nitrogens with zero attached hydrogens (tertiary/aromatic N) is 4. The van der Waals surface area contributed by atoms with Gasteiger partial charge in [-0.1, -0.05) is 41.5 Å². The van der Waals surface area contributed by atoms with E-state index in [0.717, 1.165) is 0 Å². The highest BCUT2D eigenvalue weighted by atomic mass is 28.4. The van der Waals surface area contributed by atoms with E-state index < -0.39 is 28.9 Å². The quantitative estimate of drug-likeness (QED) is 0.465. The Morgan fingerprint density at radius 3 is 2.25 bits per heavy atom. The zero-order chi connectivity index (χ0) is 24.1. The van der Waals surface area contributed by atoms with Gasteiger partial charge in [0.05, 0.1) is 24.7 Å². The molecule has 6 nitrogen and oxygen atoms in total. The van der Waals surface area contributed by atoms with Crippen LogP contribution in [0, 0.1) is 5.92 Å². The Kier molecular flexibility index (Phi) is 6.81. The Labute approximate surface area is 194 Å². The molecule has 3 rings (SSSR count). The zero-order valence-corrected chi connectivity index (χ0v) is 23.4. The first-order chi connectivity index (χ1) is 14.6. The van der Waals surface area contributed by atoms with E-state index in [2.05, 4.69) is 82.7 Å². The minimum atomic E-state index is -2.17. The van der Waals surface area contributed by atoms with Gasteiger partial charge >= 0.3 is 0 Å². The minimum absolute atomic E-state index is 0.00454. The molecule has 4 atom stereocenters. The second-order valence-electron chi connectivity index (χ2n) is 12.3. The predicted octanol–water partition coefficient (Wildman–Crippen LogP) is 6.14. The summed E-state index contributed by atoms with van der Waals surface area (Å²) in [7, 11) is -4.13. The van der Waals surface area contributed by atoms with Crippen LogP contribution in [0.1, 0.15) is 54.0 Å². The maximum atomic E-state index is 16.1. The average molecular weight is 481 g/mol. The minimum Gasteiger partial charge on any atom is -0.416 e. The number of fused-ring (bicyclic) bond motifs is 1. The molecule has 0 saturated heterocycles. The highest BCUT2D eigenvalue weighted by Gasteiger charge is 2.51. The van der Waals surface area contributed by atoms with Gasteiger partial charge in [0.25, 0.3) is 0 Å². The standard InChI is InChI=1S/C23H41FN4O2Si2/c1-22(2,3)31(7,8)29-13-16-11-18(28-15-27-17-12-25-14-26-21(17)28)19(24)20(16)30-32(9,10)23(4,5)6/h12,14-16,18-20H,11,13H2,1-10H3/t16-,18-,19+,20-/m1/s1. The van der Waals surface area contributed by atoms with Gasteiger partial charge in [-0.05, 0) is 42.7 Å². The highest BCUT2D eigenvalue weighted by molar-refractivity contribution is 6.74. The van der Waals surface area contributed by atoms with E-state index >= 15 is 4.39 Å². The Hall–Kier alpha value is -1.17. The van der Waals surface area contributed by atoms with Crippen LogP contribution in [0.2, 0.25) is 36.3 Å². The number of halogens is 1. The summed E-state index contributed by atoms with van der Waals surface area (Å²) < 4.78 is 31.3. The lowest BCUT2D eigenvalue weighted by Gasteiger charge is -2.41. The van der Waals surface area contributed by atoms with E-state index in [9.17, 15) is 0 Å². The molecule has 32 heavy (non-hydrogen) atoms. The van der Waals surface area contributed by atoms with Crippen LogP contribution >= 0.6 is 0 Å². The first-order valence-corrected chi connectivity index (χ1v) is 17.5. The number of hydrogen-bond acceptors (Lipinski definition) is 5. The molecular weight excluding hydrogens is 439 g/mol. The molecule has 0 radical (unpaired) electrons. The van der Waals surface area contributed by atoms with Crippen LogP contribution in [0.5, 0.6) is 0 Å².